The average Bonchev–Trinajstić information content (AvgIpc) is 2.76. The number of amides is 1. The minimum Gasteiger partial charge on any atom is -0.478 e. The molecule has 0 unspecified atom stereocenters. The van der Waals surface area contributed by atoms with Crippen LogP contribution < -0.4 is 0 Å². The van der Waals surface area contributed by atoms with E-state index >= 15 is 0 Å². The number of ether oxygens (including phenoxy) is 1. The van der Waals surface area contributed by atoms with Crippen molar-refractivity contribution in [3.05, 3.63) is 82.4 Å². The highest BCUT2D eigenvalue weighted by Crippen LogP contribution is 2.34. The number of cyclic esters (lactones) is 1. The second kappa shape index (κ2) is 10.1. The molecule has 0 aliphatic carbocycles. The highest BCUT2D eigenvalue weighted by atomic mass is 19.3. The fourth-order valence-electron chi connectivity index (χ4n) is 3.85. The highest BCUT2D eigenvalue weighted by Gasteiger charge is 2.39. The molecule has 0 spiro atoms. The summed E-state index contributed by atoms with van der Waals surface area (Å²) >= 11 is 0. The monoisotopic (exact) mass is 459 g/mol. The third kappa shape index (κ3) is 5.96. The van der Waals surface area contributed by atoms with E-state index in [1.165, 1.54) is 35.2 Å². The van der Waals surface area contributed by atoms with Gasteiger partial charge in [-0.25, -0.2) is 9.59 Å². The lowest BCUT2D eigenvalue weighted by atomic mass is 9.97. The Balaban J connectivity index is 1.70. The summed E-state index contributed by atoms with van der Waals surface area (Å²) in [6.45, 7) is 3.84. The van der Waals surface area contributed by atoms with Gasteiger partial charge in [0.15, 0.2) is 0 Å². The molecule has 2 atom stereocenters. The molecule has 33 heavy (non-hydrogen) atoms. The van der Waals surface area contributed by atoms with E-state index in [9.17, 15) is 23.5 Å². The van der Waals surface area contributed by atoms with Crippen LogP contribution in [0.5, 0.6) is 0 Å². The van der Waals surface area contributed by atoms with Crippen LogP contribution in [0.1, 0.15) is 39.0 Å². The number of carboxylic acids is 1. The van der Waals surface area contributed by atoms with Gasteiger partial charge in [-0.15, -0.1) is 0 Å². The van der Waals surface area contributed by atoms with Crippen LogP contribution in [-0.4, -0.2) is 52.5 Å². The van der Waals surface area contributed by atoms with Crippen LogP contribution in [0, 0.1) is 13.8 Å². The number of carbonyl (C=O) groups is 2. The molecule has 0 radical (unpaired) electrons. The molecule has 1 saturated heterocycles. The number of aliphatic hydroxyl groups is 1. The van der Waals surface area contributed by atoms with Crippen molar-refractivity contribution < 1.29 is 33.3 Å². The zero-order valence-electron chi connectivity index (χ0n) is 18.5. The Bertz CT molecular complexity index is 1020. The topological polar surface area (TPSA) is 87.1 Å². The molecule has 1 aliphatic rings. The molecular formula is C25H27F2NO5. The Kier molecular flexibility index (Phi) is 7.48. The fourth-order valence-corrected chi connectivity index (χ4v) is 3.85. The summed E-state index contributed by atoms with van der Waals surface area (Å²) in [5.74, 6) is -4.51. The van der Waals surface area contributed by atoms with Crippen molar-refractivity contribution in [2.24, 2.45) is 0 Å². The number of aryl methyl sites for hydroxylation is 2. The van der Waals surface area contributed by atoms with Gasteiger partial charge < -0.3 is 19.8 Å². The number of carbonyl (C=O) groups excluding carboxylic acids is 1. The molecule has 0 saturated carbocycles. The molecule has 1 fully saturated rings. The SMILES string of the molecule is Cc1cc(C)cc(C(F)(F)[C@H](O)C=C[C@H]2CCOC(=O)N2CCc2ccc(C(=O)O)cc2)c1. The van der Waals surface area contributed by atoms with Crippen LogP contribution in [0.25, 0.3) is 0 Å². The van der Waals surface area contributed by atoms with Gasteiger partial charge in [0.25, 0.3) is 0 Å². The van der Waals surface area contributed by atoms with Gasteiger partial charge in [0, 0.05) is 18.5 Å². The zero-order chi connectivity index (χ0) is 24.2. The fraction of sp³-hybridized carbons (Fsp3) is 0.360. The van der Waals surface area contributed by atoms with Gasteiger partial charge in [-0.1, -0.05) is 41.5 Å². The molecule has 8 heteroatoms. The number of hydrogen-bond donors (Lipinski definition) is 2. The van der Waals surface area contributed by atoms with E-state index in [1.807, 2.05) is 0 Å². The molecule has 1 heterocycles. The van der Waals surface area contributed by atoms with E-state index in [0.717, 1.165) is 11.6 Å². The predicted octanol–water partition coefficient (Wildman–Crippen LogP) is 4.46. The Labute approximate surface area is 191 Å². The van der Waals surface area contributed by atoms with Crippen molar-refractivity contribution in [3.63, 3.8) is 0 Å². The highest BCUT2D eigenvalue weighted by molar-refractivity contribution is 5.87. The normalized spacial score (nSPS) is 17.8. The predicted molar refractivity (Wildman–Crippen MR) is 119 cm³/mol. The van der Waals surface area contributed by atoms with E-state index in [4.69, 9.17) is 9.84 Å². The third-order valence-electron chi connectivity index (χ3n) is 5.61. The van der Waals surface area contributed by atoms with Crippen molar-refractivity contribution in [3.8, 4) is 0 Å². The molecule has 2 N–H and O–H groups in total. The van der Waals surface area contributed by atoms with Crippen molar-refractivity contribution >= 4 is 12.1 Å². The van der Waals surface area contributed by atoms with Gasteiger partial charge in [0.05, 0.1) is 18.2 Å². The smallest absolute Gasteiger partial charge is 0.410 e. The summed E-state index contributed by atoms with van der Waals surface area (Å²) in [7, 11) is 0. The molecule has 0 aromatic heterocycles. The summed E-state index contributed by atoms with van der Waals surface area (Å²) in [6, 6.07) is 10.3. The van der Waals surface area contributed by atoms with Crippen LogP contribution in [-0.2, 0) is 17.1 Å². The van der Waals surface area contributed by atoms with Gasteiger partial charge in [-0.05, 0) is 50.1 Å². The molecule has 1 aliphatic heterocycles. The number of nitrogens with zero attached hydrogens (tertiary/aromatic N) is 1. The molecule has 2 aromatic carbocycles. The molecular weight excluding hydrogens is 432 g/mol. The lowest BCUT2D eigenvalue weighted by molar-refractivity contribution is -0.0930. The number of rotatable bonds is 8. The number of aromatic carboxylic acids is 1. The first-order chi connectivity index (χ1) is 15.6. The molecule has 1 amide bonds. The van der Waals surface area contributed by atoms with E-state index in [1.54, 1.807) is 32.0 Å². The maximum atomic E-state index is 14.8. The first-order valence-corrected chi connectivity index (χ1v) is 10.7. The summed E-state index contributed by atoms with van der Waals surface area (Å²) in [4.78, 5) is 24.7. The summed E-state index contributed by atoms with van der Waals surface area (Å²) in [6.07, 6.45) is 0.684. The lowest BCUT2D eigenvalue weighted by Crippen LogP contribution is -2.45. The van der Waals surface area contributed by atoms with Crippen LogP contribution >= 0.6 is 0 Å². The van der Waals surface area contributed by atoms with Gasteiger partial charge in [-0.3, -0.25) is 0 Å². The Morgan fingerprint density at radius 1 is 1.21 bits per heavy atom. The largest absolute Gasteiger partial charge is 0.478 e. The van der Waals surface area contributed by atoms with Crippen molar-refractivity contribution in [2.45, 2.75) is 44.8 Å². The number of halogens is 2. The summed E-state index contributed by atoms with van der Waals surface area (Å²) < 4.78 is 34.8. The van der Waals surface area contributed by atoms with E-state index in [2.05, 4.69) is 0 Å². The number of aliphatic hydroxyl groups excluding tert-OH is 1. The number of benzene rings is 2. The molecule has 0 bridgehead atoms. The maximum absolute atomic E-state index is 14.8. The van der Waals surface area contributed by atoms with E-state index < -0.39 is 30.1 Å². The van der Waals surface area contributed by atoms with Crippen LogP contribution in [0.4, 0.5) is 13.6 Å². The molecule has 3 rings (SSSR count). The van der Waals surface area contributed by atoms with Crippen molar-refractivity contribution in [1.29, 1.82) is 0 Å². The minimum atomic E-state index is -3.49. The second-order valence-electron chi connectivity index (χ2n) is 8.24. The number of carboxylic acid groups (broad SMARTS) is 1. The van der Waals surface area contributed by atoms with Gasteiger partial charge in [-0.2, -0.15) is 8.78 Å². The number of hydrogen-bond acceptors (Lipinski definition) is 4. The van der Waals surface area contributed by atoms with Crippen LogP contribution in [0.3, 0.4) is 0 Å². The Morgan fingerprint density at radius 3 is 2.45 bits per heavy atom. The molecule has 176 valence electrons. The van der Waals surface area contributed by atoms with Crippen molar-refractivity contribution in [2.75, 3.05) is 13.2 Å². The van der Waals surface area contributed by atoms with Gasteiger partial charge >= 0.3 is 18.0 Å². The summed E-state index contributed by atoms with van der Waals surface area (Å²) in [5.41, 5.74) is 2.08. The van der Waals surface area contributed by atoms with Gasteiger partial charge in [0.2, 0.25) is 0 Å². The third-order valence-corrected chi connectivity index (χ3v) is 5.61. The number of alkyl halides is 2. The van der Waals surface area contributed by atoms with Crippen LogP contribution in [0.2, 0.25) is 0 Å². The lowest BCUT2D eigenvalue weighted by Gasteiger charge is -2.33. The van der Waals surface area contributed by atoms with Gasteiger partial charge in [0.1, 0.15) is 6.10 Å². The van der Waals surface area contributed by atoms with E-state index in [0.29, 0.717) is 24.0 Å². The Hall–Kier alpha value is -3.26. The summed E-state index contributed by atoms with van der Waals surface area (Å²) in [5, 5.41) is 19.2. The molecule has 2 aromatic rings. The first-order valence-electron chi connectivity index (χ1n) is 10.7. The zero-order valence-corrected chi connectivity index (χ0v) is 18.5. The average molecular weight is 459 g/mol. The van der Waals surface area contributed by atoms with Crippen LogP contribution in [0.15, 0.2) is 54.6 Å². The first kappa shape index (κ1) is 24.4. The quantitative estimate of drug-likeness (QED) is 0.569. The van der Waals surface area contributed by atoms with Crippen molar-refractivity contribution in [1.82, 2.24) is 4.90 Å². The second-order valence-corrected chi connectivity index (χ2v) is 8.24. The Morgan fingerprint density at radius 2 is 1.85 bits per heavy atom. The minimum absolute atomic E-state index is 0.154. The standard InChI is InChI=1S/C25H27F2NO5/c1-16-13-17(2)15-20(14-16)25(26,27)22(29)8-7-21-10-12-33-24(32)28(21)11-9-18-3-5-19(6-4-18)23(30)31/h3-8,13-15,21-22,29H,9-12H2,1-2H3,(H,30,31)/t21-,22+/m0/s1. The molecule has 6 nitrogen and oxygen atoms in total. The van der Waals surface area contributed by atoms with E-state index in [-0.39, 0.29) is 24.3 Å². The maximum Gasteiger partial charge on any atom is 0.410 e.